The monoisotopic (exact) mass is 550 g/mol. The molecule has 0 aliphatic heterocycles. The Balaban J connectivity index is 2.00. The predicted molar refractivity (Wildman–Crippen MR) is 126 cm³/mol. The topological polar surface area (TPSA) is 63.2 Å². The van der Waals surface area contributed by atoms with Gasteiger partial charge in [0.25, 0.3) is 0 Å². The van der Waals surface area contributed by atoms with Gasteiger partial charge in [-0.25, -0.2) is 4.79 Å². The summed E-state index contributed by atoms with van der Waals surface area (Å²) in [5.74, 6) is -0.545. The van der Waals surface area contributed by atoms with Crippen molar-refractivity contribution in [1.29, 1.82) is 0 Å². The summed E-state index contributed by atoms with van der Waals surface area (Å²) >= 11 is 0. The molecule has 6 nitrogen and oxygen atoms in total. The Morgan fingerprint density at radius 1 is 0.816 bits per heavy atom. The zero-order valence-electron chi connectivity index (χ0n) is 20.7. The van der Waals surface area contributed by atoms with Gasteiger partial charge in [0.1, 0.15) is 23.9 Å². The molecule has 0 unspecified atom stereocenters. The summed E-state index contributed by atoms with van der Waals surface area (Å²) in [6.07, 6.45) is -6.68. The number of ether oxygens (including phenoxy) is 5. The number of hydrogen-bond acceptors (Lipinski definition) is 6. The van der Waals surface area contributed by atoms with Crippen LogP contribution >= 0.6 is 0 Å². The minimum atomic E-state index is -4.62. The van der Waals surface area contributed by atoms with E-state index in [0.29, 0.717) is 18.8 Å². The largest absolute Gasteiger partial charge is 0.490 e. The predicted octanol–water partition coefficient (Wildman–Crippen LogP) is 6.17. The highest BCUT2D eigenvalue weighted by atomic mass is 19.4. The van der Waals surface area contributed by atoms with E-state index in [2.05, 4.69) is 9.47 Å². The van der Waals surface area contributed by atoms with Crippen LogP contribution in [0.2, 0.25) is 0 Å². The van der Waals surface area contributed by atoms with Gasteiger partial charge in [0.2, 0.25) is 0 Å². The number of carbonyl (C=O) groups excluding carboxylic acids is 1. The zero-order valence-corrected chi connectivity index (χ0v) is 20.7. The zero-order chi connectivity index (χ0) is 28.2. The van der Waals surface area contributed by atoms with Crippen LogP contribution in [0.15, 0.2) is 48.5 Å². The van der Waals surface area contributed by atoms with Gasteiger partial charge < -0.3 is 23.7 Å². The Morgan fingerprint density at radius 2 is 1.39 bits per heavy atom. The Bertz CT molecular complexity index is 998. The quantitative estimate of drug-likeness (QED) is 0.207. The second-order valence-corrected chi connectivity index (χ2v) is 7.80. The number of rotatable bonds is 14. The molecule has 0 fully saturated rings. The summed E-state index contributed by atoms with van der Waals surface area (Å²) in [4.78, 5) is 12.0. The third-order valence-electron chi connectivity index (χ3n) is 4.63. The highest BCUT2D eigenvalue weighted by Gasteiger charge is 2.30. The molecule has 210 valence electrons. The smallest absolute Gasteiger partial charge is 0.422 e. The van der Waals surface area contributed by atoms with E-state index in [1.807, 2.05) is 0 Å². The lowest BCUT2D eigenvalue weighted by atomic mass is 10.1. The number of hydrogen-bond donors (Lipinski definition) is 0. The lowest BCUT2D eigenvalue weighted by Gasteiger charge is -2.15. The number of halogens is 6. The van der Waals surface area contributed by atoms with E-state index < -0.39 is 37.6 Å². The Kier molecular flexibility index (Phi) is 11.8. The third kappa shape index (κ3) is 12.2. The molecule has 2 rings (SSSR count). The van der Waals surface area contributed by atoms with Crippen LogP contribution in [0.3, 0.4) is 0 Å². The first-order chi connectivity index (χ1) is 17.9. The second kappa shape index (κ2) is 14.5. The molecule has 38 heavy (non-hydrogen) atoms. The van der Waals surface area contributed by atoms with Crippen molar-refractivity contribution in [2.24, 2.45) is 0 Å². The van der Waals surface area contributed by atoms with Gasteiger partial charge in [-0.1, -0.05) is 18.2 Å². The third-order valence-corrected chi connectivity index (χ3v) is 4.63. The molecule has 2 aromatic carbocycles. The van der Waals surface area contributed by atoms with E-state index >= 15 is 0 Å². The highest BCUT2D eigenvalue weighted by molar-refractivity contribution is 5.75. The van der Waals surface area contributed by atoms with Gasteiger partial charge in [-0.05, 0) is 55.3 Å². The lowest BCUT2D eigenvalue weighted by molar-refractivity contribution is -0.156. The minimum Gasteiger partial charge on any atom is -0.490 e. The summed E-state index contributed by atoms with van der Waals surface area (Å²) in [6.45, 7) is 0.918. The second-order valence-electron chi connectivity index (χ2n) is 7.80. The normalized spacial score (nSPS) is 12.8. The molecule has 12 heteroatoms. The van der Waals surface area contributed by atoms with Crippen molar-refractivity contribution in [1.82, 2.24) is 0 Å². The molecular weight excluding hydrogens is 522 g/mol. The molecule has 0 heterocycles. The van der Waals surface area contributed by atoms with Crippen LogP contribution in [0.5, 0.6) is 17.2 Å². The fourth-order valence-electron chi connectivity index (χ4n) is 3.10. The number of benzene rings is 2. The van der Waals surface area contributed by atoms with Crippen LogP contribution in [0.25, 0.3) is 6.08 Å². The van der Waals surface area contributed by atoms with Gasteiger partial charge in [0, 0.05) is 19.1 Å². The van der Waals surface area contributed by atoms with E-state index in [1.165, 1.54) is 24.3 Å². The van der Waals surface area contributed by atoms with E-state index in [0.717, 1.165) is 11.6 Å². The van der Waals surface area contributed by atoms with E-state index in [4.69, 9.17) is 14.2 Å². The standard InChI is InChI=1S/C26H28F6O6/c1-3-34-23(24(33)35-4-2)14-18-7-9-20(10-8-18)36-11-5-6-19-12-21(37-16-25(27,28)29)15-22(13-19)38-17-26(30,31)32/h5-10,12-13,15,23H,3-4,11,14,16-17H2,1-2H3/b6-5+/t23-/m0/s1. The molecule has 0 saturated carbocycles. The molecule has 0 aliphatic carbocycles. The molecule has 0 aromatic heterocycles. The Hall–Kier alpha value is -3.41. The molecule has 0 saturated heterocycles. The number of carbonyl (C=O) groups is 1. The van der Waals surface area contributed by atoms with Crippen LogP contribution in [0.4, 0.5) is 26.3 Å². The number of esters is 1. The summed E-state index contributed by atoms with van der Waals surface area (Å²) in [5, 5.41) is 0. The summed E-state index contributed by atoms with van der Waals surface area (Å²) in [5.41, 5.74) is 1.07. The summed E-state index contributed by atoms with van der Waals surface area (Å²) in [6, 6.07) is 10.3. The van der Waals surface area contributed by atoms with Crippen LogP contribution in [-0.2, 0) is 20.7 Å². The van der Waals surface area contributed by atoms with E-state index in [1.54, 1.807) is 38.1 Å². The summed E-state index contributed by atoms with van der Waals surface area (Å²) < 4.78 is 100. The van der Waals surface area contributed by atoms with Crippen molar-refractivity contribution in [3.63, 3.8) is 0 Å². The van der Waals surface area contributed by atoms with Gasteiger partial charge >= 0.3 is 18.3 Å². The van der Waals surface area contributed by atoms with Crippen LogP contribution in [0.1, 0.15) is 25.0 Å². The lowest BCUT2D eigenvalue weighted by Crippen LogP contribution is -2.28. The molecule has 0 aliphatic rings. The first-order valence-corrected chi connectivity index (χ1v) is 11.6. The molecule has 0 spiro atoms. The van der Waals surface area contributed by atoms with Crippen molar-refractivity contribution in [2.45, 2.75) is 38.7 Å². The van der Waals surface area contributed by atoms with E-state index in [9.17, 15) is 31.1 Å². The maximum atomic E-state index is 12.5. The maximum absolute atomic E-state index is 12.5. The first-order valence-electron chi connectivity index (χ1n) is 11.6. The molecule has 0 bridgehead atoms. The minimum absolute atomic E-state index is 0.0517. The van der Waals surface area contributed by atoms with Gasteiger partial charge in [0.05, 0.1) is 6.61 Å². The van der Waals surface area contributed by atoms with Crippen molar-refractivity contribution in [2.75, 3.05) is 33.0 Å². The van der Waals surface area contributed by atoms with Crippen molar-refractivity contribution in [3.8, 4) is 17.2 Å². The molecule has 0 amide bonds. The summed E-state index contributed by atoms with van der Waals surface area (Å²) in [7, 11) is 0. The molecule has 2 aromatic rings. The fourth-order valence-corrected chi connectivity index (χ4v) is 3.10. The van der Waals surface area contributed by atoms with Crippen molar-refractivity contribution >= 4 is 12.0 Å². The van der Waals surface area contributed by atoms with Crippen molar-refractivity contribution in [3.05, 3.63) is 59.7 Å². The van der Waals surface area contributed by atoms with Gasteiger partial charge in [-0.3, -0.25) is 0 Å². The van der Waals surface area contributed by atoms with Crippen LogP contribution < -0.4 is 14.2 Å². The Labute approximate surface area is 216 Å². The first kappa shape index (κ1) is 30.8. The van der Waals surface area contributed by atoms with E-state index in [-0.39, 0.29) is 30.3 Å². The maximum Gasteiger partial charge on any atom is 0.422 e. The SMILES string of the molecule is CCOC(=O)[C@H](Cc1ccc(OC/C=C/c2cc(OCC(F)(F)F)cc(OCC(F)(F)F)c2)cc1)OCC. The van der Waals surface area contributed by atoms with Crippen molar-refractivity contribution < 1.29 is 54.8 Å². The fraction of sp³-hybridized carbons (Fsp3) is 0.423. The molecule has 0 radical (unpaired) electrons. The molecule has 1 atom stereocenters. The van der Waals surface area contributed by atoms with Gasteiger partial charge in [-0.15, -0.1) is 0 Å². The Morgan fingerprint density at radius 3 is 1.89 bits per heavy atom. The average molecular weight is 550 g/mol. The van der Waals surface area contributed by atoms with Crippen LogP contribution in [-0.4, -0.2) is 57.5 Å². The average Bonchev–Trinajstić information content (AvgIpc) is 2.84. The van der Waals surface area contributed by atoms with Gasteiger partial charge in [0.15, 0.2) is 19.3 Å². The number of alkyl halides is 6. The van der Waals surface area contributed by atoms with Gasteiger partial charge in [-0.2, -0.15) is 26.3 Å². The van der Waals surface area contributed by atoms with Crippen LogP contribution in [0, 0.1) is 0 Å². The molecular formula is C26H28F6O6. The molecule has 0 N–H and O–H groups in total. The highest BCUT2D eigenvalue weighted by Crippen LogP contribution is 2.27.